The van der Waals surface area contributed by atoms with Gasteiger partial charge in [-0.05, 0) is 20.4 Å². The normalized spacial score (nSPS) is 29.5. The maximum Gasteiger partial charge on any atom is 0.409 e. The zero-order valence-corrected chi connectivity index (χ0v) is 12.5. The van der Waals surface area contributed by atoms with E-state index < -0.39 is 0 Å². The fraction of sp³-hybridized carbons (Fsp3) is 0.929. The summed E-state index contributed by atoms with van der Waals surface area (Å²) < 4.78 is 10.7. The molecule has 1 aliphatic carbocycles. The van der Waals surface area contributed by atoms with E-state index in [0.29, 0.717) is 18.8 Å². The van der Waals surface area contributed by atoms with E-state index in [9.17, 15) is 4.79 Å². The van der Waals surface area contributed by atoms with Crippen molar-refractivity contribution in [3.63, 3.8) is 0 Å². The van der Waals surface area contributed by atoms with Crippen LogP contribution in [0.2, 0.25) is 0 Å². The van der Waals surface area contributed by atoms with Gasteiger partial charge in [0.05, 0.1) is 12.6 Å². The molecule has 110 valence electrons. The molecule has 0 spiro atoms. The molecule has 0 aromatic heterocycles. The van der Waals surface area contributed by atoms with Gasteiger partial charge < -0.3 is 19.3 Å². The molecule has 2 aliphatic rings. The van der Waals surface area contributed by atoms with Crippen LogP contribution in [-0.4, -0.2) is 67.9 Å². The summed E-state index contributed by atoms with van der Waals surface area (Å²) >= 11 is 0. The van der Waals surface area contributed by atoms with Gasteiger partial charge in [-0.25, -0.2) is 4.79 Å². The van der Waals surface area contributed by atoms with E-state index in [-0.39, 0.29) is 11.5 Å². The molecule has 19 heavy (non-hydrogen) atoms. The summed E-state index contributed by atoms with van der Waals surface area (Å²) in [5, 5.41) is 0. The first-order valence-corrected chi connectivity index (χ1v) is 7.20. The number of nitrogens with zero attached hydrogens (tertiary/aromatic N) is 2. The summed E-state index contributed by atoms with van der Waals surface area (Å²) in [7, 11) is 2.13. The molecular formula is C14H26N2O3. The lowest BCUT2D eigenvalue weighted by Crippen LogP contribution is -2.61. The lowest BCUT2D eigenvalue weighted by atomic mass is 9.64. The van der Waals surface area contributed by atoms with Crippen LogP contribution in [0.3, 0.4) is 0 Å². The molecule has 0 bridgehead atoms. The zero-order chi connectivity index (χ0) is 14.0. The minimum absolute atomic E-state index is 0.173. The average molecular weight is 270 g/mol. The molecule has 5 heteroatoms. The summed E-state index contributed by atoms with van der Waals surface area (Å²) in [6.45, 7) is 10.3. The highest BCUT2D eigenvalue weighted by molar-refractivity contribution is 5.69. The Hall–Kier alpha value is -0.810. The minimum Gasteiger partial charge on any atom is -0.448 e. The summed E-state index contributed by atoms with van der Waals surface area (Å²) in [6, 6.07) is 0.530. The molecule has 5 nitrogen and oxygen atoms in total. The molecule has 1 heterocycles. The molecule has 1 amide bonds. The number of ether oxygens (including phenoxy) is 2. The van der Waals surface area contributed by atoms with Gasteiger partial charge in [-0.3, -0.25) is 0 Å². The van der Waals surface area contributed by atoms with E-state index in [4.69, 9.17) is 9.47 Å². The highest BCUT2D eigenvalue weighted by Crippen LogP contribution is 2.45. The quantitative estimate of drug-likeness (QED) is 0.735. The molecule has 1 saturated carbocycles. The molecule has 1 saturated heterocycles. The van der Waals surface area contributed by atoms with Crippen LogP contribution in [0.5, 0.6) is 0 Å². The Morgan fingerprint density at radius 2 is 2.26 bits per heavy atom. The van der Waals surface area contributed by atoms with Crippen molar-refractivity contribution in [3.05, 3.63) is 0 Å². The van der Waals surface area contributed by atoms with Crippen molar-refractivity contribution in [3.8, 4) is 0 Å². The van der Waals surface area contributed by atoms with Gasteiger partial charge in [0.25, 0.3) is 0 Å². The third-order valence-corrected chi connectivity index (χ3v) is 4.59. The Morgan fingerprint density at radius 3 is 2.79 bits per heavy atom. The number of rotatable bonds is 6. The number of hydrogen-bond acceptors (Lipinski definition) is 4. The fourth-order valence-electron chi connectivity index (χ4n) is 3.16. The number of cyclic esters (lactones) is 1. The van der Waals surface area contributed by atoms with E-state index in [1.54, 1.807) is 4.90 Å². The summed E-state index contributed by atoms with van der Waals surface area (Å²) in [5.74, 6) is 0. The van der Waals surface area contributed by atoms with Gasteiger partial charge in [-0.2, -0.15) is 0 Å². The zero-order valence-electron chi connectivity index (χ0n) is 12.5. The standard InChI is InChI=1S/C14H26N2O3/c1-5-18-12-10-11(14(12,2)3)15(4)6-7-16-8-9-19-13(16)17/h11-12H,5-10H2,1-4H3. The molecule has 2 unspecified atom stereocenters. The number of carbonyl (C=O) groups excluding carboxylic acids is 1. The summed E-state index contributed by atoms with van der Waals surface area (Å²) in [6.07, 6.45) is 1.28. The minimum atomic E-state index is -0.173. The SMILES string of the molecule is CCOC1CC(N(C)CCN2CCOC2=O)C1(C)C. The monoisotopic (exact) mass is 270 g/mol. The first-order valence-electron chi connectivity index (χ1n) is 7.20. The van der Waals surface area contributed by atoms with Gasteiger partial charge in [0.15, 0.2) is 0 Å². The summed E-state index contributed by atoms with van der Waals surface area (Å²) in [4.78, 5) is 15.5. The predicted octanol–water partition coefficient (Wildman–Crippen LogP) is 1.57. The van der Waals surface area contributed by atoms with Crippen molar-refractivity contribution in [1.82, 2.24) is 9.80 Å². The Morgan fingerprint density at radius 1 is 1.53 bits per heavy atom. The third kappa shape index (κ3) is 2.87. The molecule has 0 radical (unpaired) electrons. The first kappa shape index (κ1) is 14.6. The molecular weight excluding hydrogens is 244 g/mol. The second kappa shape index (κ2) is 5.67. The van der Waals surface area contributed by atoms with Crippen LogP contribution < -0.4 is 0 Å². The Labute approximate surface area is 115 Å². The topological polar surface area (TPSA) is 42.0 Å². The van der Waals surface area contributed by atoms with Crippen LogP contribution in [0.1, 0.15) is 27.2 Å². The van der Waals surface area contributed by atoms with E-state index >= 15 is 0 Å². The van der Waals surface area contributed by atoms with Gasteiger partial charge in [0.2, 0.25) is 0 Å². The predicted molar refractivity (Wildman–Crippen MR) is 73.2 cm³/mol. The van der Waals surface area contributed by atoms with Crippen molar-refractivity contribution in [2.45, 2.75) is 39.3 Å². The number of likely N-dealkylation sites (N-methyl/N-ethyl adjacent to an activating group) is 1. The Kier molecular flexibility index (Phi) is 4.36. The van der Waals surface area contributed by atoms with Crippen molar-refractivity contribution < 1.29 is 14.3 Å². The van der Waals surface area contributed by atoms with Crippen LogP contribution in [0, 0.1) is 5.41 Å². The maximum atomic E-state index is 11.4. The van der Waals surface area contributed by atoms with Crippen molar-refractivity contribution in [1.29, 1.82) is 0 Å². The molecule has 0 aromatic rings. The molecule has 2 atom stereocenters. The van der Waals surface area contributed by atoms with Crippen molar-refractivity contribution in [2.75, 3.05) is 39.9 Å². The van der Waals surface area contributed by atoms with E-state index in [1.807, 2.05) is 6.92 Å². The Balaban J connectivity index is 1.78. The Bertz CT molecular complexity index is 333. The van der Waals surface area contributed by atoms with Gasteiger partial charge in [0.1, 0.15) is 6.61 Å². The maximum absolute atomic E-state index is 11.4. The molecule has 0 aromatic carbocycles. The smallest absolute Gasteiger partial charge is 0.409 e. The van der Waals surface area contributed by atoms with Gasteiger partial charge in [-0.1, -0.05) is 13.8 Å². The lowest BCUT2D eigenvalue weighted by molar-refractivity contribution is -0.145. The van der Waals surface area contributed by atoms with Gasteiger partial charge in [0, 0.05) is 31.2 Å². The molecule has 2 fully saturated rings. The van der Waals surface area contributed by atoms with E-state index in [1.165, 1.54) is 0 Å². The summed E-state index contributed by atoms with van der Waals surface area (Å²) in [5.41, 5.74) is 0.191. The third-order valence-electron chi connectivity index (χ3n) is 4.59. The van der Waals surface area contributed by atoms with Gasteiger partial charge >= 0.3 is 6.09 Å². The van der Waals surface area contributed by atoms with E-state index in [2.05, 4.69) is 25.8 Å². The molecule has 1 aliphatic heterocycles. The van der Waals surface area contributed by atoms with Crippen LogP contribution in [-0.2, 0) is 9.47 Å². The average Bonchev–Trinajstić information content (AvgIpc) is 2.77. The number of hydrogen-bond donors (Lipinski definition) is 0. The van der Waals surface area contributed by atoms with Crippen molar-refractivity contribution in [2.24, 2.45) is 5.41 Å². The largest absolute Gasteiger partial charge is 0.448 e. The van der Waals surface area contributed by atoms with Crippen molar-refractivity contribution >= 4 is 6.09 Å². The first-order chi connectivity index (χ1) is 8.96. The van der Waals surface area contributed by atoms with Crippen LogP contribution >= 0.6 is 0 Å². The highest BCUT2D eigenvalue weighted by atomic mass is 16.6. The van der Waals surface area contributed by atoms with Crippen LogP contribution in [0.25, 0.3) is 0 Å². The molecule has 2 rings (SSSR count). The second-order valence-corrected chi connectivity index (χ2v) is 6.10. The van der Waals surface area contributed by atoms with E-state index in [0.717, 1.165) is 32.7 Å². The number of amides is 1. The fourth-order valence-corrected chi connectivity index (χ4v) is 3.16. The second-order valence-electron chi connectivity index (χ2n) is 6.10. The lowest BCUT2D eigenvalue weighted by Gasteiger charge is -2.55. The highest BCUT2D eigenvalue weighted by Gasteiger charge is 2.50. The van der Waals surface area contributed by atoms with Crippen LogP contribution in [0.15, 0.2) is 0 Å². The van der Waals surface area contributed by atoms with Crippen LogP contribution in [0.4, 0.5) is 4.79 Å². The van der Waals surface area contributed by atoms with Gasteiger partial charge in [-0.15, -0.1) is 0 Å². The molecule has 0 N–H and O–H groups in total. The number of carbonyl (C=O) groups is 1.